The second kappa shape index (κ2) is 4.40. The summed E-state index contributed by atoms with van der Waals surface area (Å²) in [6, 6.07) is 4.44. The summed E-state index contributed by atoms with van der Waals surface area (Å²) in [6.07, 6.45) is 0. The van der Waals surface area contributed by atoms with Gasteiger partial charge in [-0.3, -0.25) is 0 Å². The van der Waals surface area contributed by atoms with Crippen molar-refractivity contribution in [2.24, 2.45) is 0 Å². The van der Waals surface area contributed by atoms with Crippen LogP contribution in [0, 0.1) is 0 Å². The summed E-state index contributed by atoms with van der Waals surface area (Å²) in [4.78, 5) is 0. The van der Waals surface area contributed by atoms with E-state index >= 15 is 0 Å². The third kappa shape index (κ3) is 2.28. The summed E-state index contributed by atoms with van der Waals surface area (Å²) in [7, 11) is 0. The third-order valence-electron chi connectivity index (χ3n) is 2.32. The van der Waals surface area contributed by atoms with E-state index in [0.717, 1.165) is 0 Å². The lowest BCUT2D eigenvalue weighted by Gasteiger charge is -2.10. The zero-order chi connectivity index (χ0) is 13.5. The van der Waals surface area contributed by atoms with Gasteiger partial charge >= 0.3 is 5.92 Å². The molecule has 2 N–H and O–H groups in total. The monoisotopic (exact) mass is 292 g/mol. The van der Waals surface area contributed by atoms with Gasteiger partial charge in [-0.15, -0.1) is 0 Å². The molecule has 18 heavy (non-hydrogen) atoms. The van der Waals surface area contributed by atoms with E-state index in [1.54, 1.807) is 0 Å². The average Bonchev–Trinajstić information content (AvgIpc) is 2.60. The number of benzene rings is 1. The van der Waals surface area contributed by atoms with Gasteiger partial charge in [-0.2, -0.15) is 8.78 Å². The molecule has 0 aliphatic carbocycles. The second-order valence-electron chi connectivity index (χ2n) is 3.78. The van der Waals surface area contributed by atoms with Crippen molar-refractivity contribution in [1.29, 1.82) is 0 Å². The Morgan fingerprint density at radius 3 is 2.56 bits per heavy atom. The molecule has 0 aliphatic heterocycles. The molecule has 0 atom stereocenters. The first-order valence-electron chi connectivity index (χ1n) is 4.89. The number of nitrogen functional groups attached to an aromatic ring is 1. The van der Waals surface area contributed by atoms with Crippen molar-refractivity contribution < 1.29 is 13.3 Å². The van der Waals surface area contributed by atoms with Crippen LogP contribution in [0.2, 0.25) is 10.0 Å². The maximum Gasteiger partial charge on any atom is 0.305 e. The number of alkyl halides is 2. The standard InChI is InChI=1S/C11H8Cl2F2N2O/c1-11(14,15)9-8(10(16)17-18-9)6-3-2-5(12)4-7(6)13/h2-4H,1H3,(H2,16,17). The fraction of sp³-hybridized carbons (Fsp3) is 0.182. The molecule has 0 saturated heterocycles. The smallest absolute Gasteiger partial charge is 0.305 e. The lowest BCUT2D eigenvalue weighted by molar-refractivity contribution is -0.00974. The molecule has 0 aliphatic rings. The summed E-state index contributed by atoms with van der Waals surface area (Å²) in [5, 5.41) is 3.94. The van der Waals surface area contributed by atoms with Crippen molar-refractivity contribution in [2.45, 2.75) is 12.8 Å². The molecular formula is C11H8Cl2F2N2O. The molecule has 1 aromatic carbocycles. The lowest BCUT2D eigenvalue weighted by Crippen LogP contribution is -2.07. The molecule has 96 valence electrons. The van der Waals surface area contributed by atoms with E-state index in [4.69, 9.17) is 28.9 Å². The number of anilines is 1. The van der Waals surface area contributed by atoms with Gasteiger partial charge in [0, 0.05) is 17.5 Å². The second-order valence-corrected chi connectivity index (χ2v) is 4.63. The molecule has 0 unspecified atom stereocenters. The van der Waals surface area contributed by atoms with Crippen LogP contribution < -0.4 is 5.73 Å². The number of nitrogens with zero attached hydrogens (tertiary/aromatic N) is 1. The van der Waals surface area contributed by atoms with Crippen LogP contribution in [0.15, 0.2) is 22.7 Å². The fourth-order valence-electron chi connectivity index (χ4n) is 1.55. The summed E-state index contributed by atoms with van der Waals surface area (Å²) >= 11 is 11.7. The van der Waals surface area contributed by atoms with Crippen LogP contribution in [0.3, 0.4) is 0 Å². The van der Waals surface area contributed by atoms with Crippen molar-refractivity contribution in [1.82, 2.24) is 5.16 Å². The number of rotatable bonds is 2. The largest absolute Gasteiger partial charge is 0.380 e. The van der Waals surface area contributed by atoms with Crippen LogP contribution in [-0.2, 0) is 5.92 Å². The topological polar surface area (TPSA) is 52.0 Å². The van der Waals surface area contributed by atoms with Gasteiger partial charge in [0.15, 0.2) is 5.82 Å². The summed E-state index contributed by atoms with van der Waals surface area (Å²) < 4.78 is 31.3. The molecule has 1 aromatic heterocycles. The van der Waals surface area contributed by atoms with Gasteiger partial charge in [0.2, 0.25) is 5.76 Å². The van der Waals surface area contributed by atoms with Crippen LogP contribution >= 0.6 is 23.2 Å². The average molecular weight is 293 g/mol. The molecular weight excluding hydrogens is 285 g/mol. The van der Waals surface area contributed by atoms with Gasteiger partial charge in [-0.25, -0.2) is 0 Å². The number of hydrogen-bond acceptors (Lipinski definition) is 3. The van der Waals surface area contributed by atoms with Gasteiger partial charge in [-0.05, 0) is 12.1 Å². The zero-order valence-corrected chi connectivity index (χ0v) is 10.7. The van der Waals surface area contributed by atoms with Crippen LogP contribution in [0.1, 0.15) is 12.7 Å². The van der Waals surface area contributed by atoms with Gasteiger partial charge < -0.3 is 10.3 Å². The molecule has 2 aromatic rings. The zero-order valence-electron chi connectivity index (χ0n) is 9.18. The molecule has 0 amide bonds. The van der Waals surface area contributed by atoms with Gasteiger partial charge in [0.1, 0.15) is 0 Å². The van der Waals surface area contributed by atoms with Crippen molar-refractivity contribution in [3.63, 3.8) is 0 Å². The maximum atomic E-state index is 13.4. The molecule has 0 radical (unpaired) electrons. The Hall–Kier alpha value is -1.33. The van der Waals surface area contributed by atoms with Crippen LogP contribution in [-0.4, -0.2) is 5.16 Å². The molecule has 7 heteroatoms. The number of aromatic nitrogens is 1. The van der Waals surface area contributed by atoms with Crippen LogP contribution in [0.25, 0.3) is 11.1 Å². The Morgan fingerprint density at radius 2 is 2.00 bits per heavy atom. The van der Waals surface area contributed by atoms with E-state index in [0.29, 0.717) is 17.5 Å². The predicted molar refractivity (Wildman–Crippen MR) is 65.9 cm³/mol. The lowest BCUT2D eigenvalue weighted by atomic mass is 10.0. The summed E-state index contributed by atoms with van der Waals surface area (Å²) in [6.45, 7) is 0.695. The predicted octanol–water partition coefficient (Wildman–Crippen LogP) is 4.34. The SMILES string of the molecule is CC(F)(F)c1onc(N)c1-c1ccc(Cl)cc1Cl. The van der Waals surface area contributed by atoms with E-state index in [1.165, 1.54) is 18.2 Å². The minimum Gasteiger partial charge on any atom is -0.380 e. The minimum atomic E-state index is -3.21. The van der Waals surface area contributed by atoms with Crippen molar-refractivity contribution >= 4 is 29.0 Å². The highest BCUT2D eigenvalue weighted by atomic mass is 35.5. The minimum absolute atomic E-state index is 0.0100. The Balaban J connectivity index is 2.67. The third-order valence-corrected chi connectivity index (χ3v) is 2.87. The van der Waals surface area contributed by atoms with Crippen molar-refractivity contribution in [3.05, 3.63) is 34.0 Å². The van der Waals surface area contributed by atoms with Crippen LogP contribution in [0.4, 0.5) is 14.6 Å². The first kappa shape index (κ1) is 13.1. The Kier molecular flexibility index (Phi) is 3.21. The Morgan fingerprint density at radius 1 is 1.33 bits per heavy atom. The first-order chi connectivity index (χ1) is 8.30. The summed E-state index contributed by atoms with van der Waals surface area (Å²) in [5.41, 5.74) is 5.84. The molecule has 0 fully saturated rings. The number of hydrogen-bond donors (Lipinski definition) is 1. The highest BCUT2D eigenvalue weighted by Crippen LogP contribution is 2.42. The van der Waals surface area contributed by atoms with E-state index < -0.39 is 11.7 Å². The highest BCUT2D eigenvalue weighted by molar-refractivity contribution is 6.36. The highest BCUT2D eigenvalue weighted by Gasteiger charge is 2.35. The summed E-state index contributed by atoms with van der Waals surface area (Å²) in [5.74, 6) is -3.97. The maximum absolute atomic E-state index is 13.4. The van der Waals surface area contributed by atoms with Crippen LogP contribution in [0.5, 0.6) is 0 Å². The van der Waals surface area contributed by atoms with Crippen molar-refractivity contribution in [2.75, 3.05) is 5.73 Å². The fourth-order valence-corrected chi connectivity index (χ4v) is 2.06. The Bertz CT molecular complexity index is 593. The molecule has 0 bridgehead atoms. The molecule has 0 spiro atoms. The van der Waals surface area contributed by atoms with Crippen molar-refractivity contribution in [3.8, 4) is 11.1 Å². The van der Waals surface area contributed by atoms with E-state index in [1.807, 2.05) is 0 Å². The molecule has 1 heterocycles. The first-order valence-corrected chi connectivity index (χ1v) is 5.65. The number of nitrogens with two attached hydrogens (primary N) is 1. The Labute approximate surface area is 111 Å². The molecule has 2 rings (SSSR count). The van der Waals surface area contributed by atoms with Gasteiger partial charge in [0.05, 0.1) is 10.6 Å². The van der Waals surface area contributed by atoms with E-state index in [9.17, 15) is 8.78 Å². The normalized spacial score (nSPS) is 11.8. The van der Waals surface area contributed by atoms with E-state index in [2.05, 4.69) is 9.68 Å². The van der Waals surface area contributed by atoms with Gasteiger partial charge in [-0.1, -0.05) is 34.4 Å². The van der Waals surface area contributed by atoms with E-state index in [-0.39, 0.29) is 16.4 Å². The molecule has 3 nitrogen and oxygen atoms in total. The number of halogens is 4. The molecule has 0 saturated carbocycles. The quantitative estimate of drug-likeness (QED) is 0.896. The van der Waals surface area contributed by atoms with Gasteiger partial charge in [0.25, 0.3) is 0 Å².